The molecule has 4 nitrogen and oxygen atoms in total. The lowest BCUT2D eigenvalue weighted by molar-refractivity contribution is -0.906. The molecule has 0 saturated heterocycles. The maximum Gasteiger partial charge on any atom is 0.102 e. The van der Waals surface area contributed by atoms with Gasteiger partial charge in [-0.2, -0.15) is 0 Å². The molecule has 116 valence electrons. The maximum atomic E-state index is 9.85. The van der Waals surface area contributed by atoms with Gasteiger partial charge in [0.15, 0.2) is 0 Å². The maximum absolute atomic E-state index is 9.85. The zero-order valence-electron chi connectivity index (χ0n) is 13.5. The summed E-state index contributed by atoms with van der Waals surface area (Å²) in [6, 6.07) is 0. The Morgan fingerprint density at radius 3 is 2.05 bits per heavy atom. The Morgan fingerprint density at radius 2 is 1.68 bits per heavy atom. The number of hydrogen-bond acceptors (Lipinski definition) is 3. The fourth-order valence-electron chi connectivity index (χ4n) is 1.55. The van der Waals surface area contributed by atoms with Gasteiger partial charge in [-0.1, -0.05) is 26.2 Å². The van der Waals surface area contributed by atoms with Crippen molar-refractivity contribution in [3.63, 3.8) is 0 Å². The molecule has 0 aromatic carbocycles. The molecule has 0 aliphatic carbocycles. The van der Waals surface area contributed by atoms with Crippen LogP contribution >= 0.6 is 0 Å². The molecule has 0 aliphatic heterocycles. The largest absolute Gasteiger partial charge is 0.550 e. The molecule has 0 atom stereocenters. The normalized spacial score (nSPS) is 10.8. The second-order valence-electron chi connectivity index (χ2n) is 5.15. The monoisotopic (exact) mass is 275 g/mol. The van der Waals surface area contributed by atoms with E-state index in [4.69, 9.17) is 4.74 Å². The number of carbonyl (C=O) groups is 1. The molecule has 19 heavy (non-hydrogen) atoms. The Bertz CT molecular complexity index is 204. The Kier molecular flexibility index (Phi) is 15.1. The van der Waals surface area contributed by atoms with Crippen LogP contribution in [0.5, 0.6) is 0 Å². The van der Waals surface area contributed by atoms with Gasteiger partial charge in [-0.3, -0.25) is 0 Å². The molecule has 0 N–H and O–H groups in total. The van der Waals surface area contributed by atoms with Crippen molar-refractivity contribution in [3.05, 3.63) is 0 Å². The van der Waals surface area contributed by atoms with Gasteiger partial charge in [-0.15, -0.1) is 0 Å². The first kappa shape index (κ1) is 20.7. The first-order valence-electron chi connectivity index (χ1n) is 7.48. The minimum atomic E-state index is -0.925. The van der Waals surface area contributed by atoms with E-state index >= 15 is 0 Å². The summed E-state index contributed by atoms with van der Waals surface area (Å²) >= 11 is 0. The molecule has 0 spiro atoms. The lowest BCUT2D eigenvalue weighted by atomic mass is 10.2. The molecule has 0 aromatic rings. The smallest absolute Gasteiger partial charge is 0.102 e. The van der Waals surface area contributed by atoms with Crippen molar-refractivity contribution in [2.45, 2.75) is 52.9 Å². The van der Waals surface area contributed by atoms with Crippen LogP contribution in [0.25, 0.3) is 0 Å². The van der Waals surface area contributed by atoms with Crippen LogP contribution in [0.3, 0.4) is 0 Å². The topological polar surface area (TPSA) is 49.4 Å². The van der Waals surface area contributed by atoms with Gasteiger partial charge >= 0.3 is 0 Å². The Balaban J connectivity index is 0. The van der Waals surface area contributed by atoms with Crippen molar-refractivity contribution < 1.29 is 19.1 Å². The fourth-order valence-corrected chi connectivity index (χ4v) is 1.55. The van der Waals surface area contributed by atoms with Crippen molar-refractivity contribution >= 4 is 5.97 Å². The third-order valence-corrected chi connectivity index (χ3v) is 3.60. The Morgan fingerprint density at radius 1 is 1.11 bits per heavy atom. The third-order valence-electron chi connectivity index (χ3n) is 3.60. The highest BCUT2D eigenvalue weighted by Crippen LogP contribution is 2.00. The van der Waals surface area contributed by atoms with Crippen molar-refractivity contribution in [2.75, 3.05) is 40.4 Å². The third kappa shape index (κ3) is 15.3. The van der Waals surface area contributed by atoms with Crippen molar-refractivity contribution in [2.24, 2.45) is 0 Å². The quantitative estimate of drug-likeness (QED) is 0.451. The minimum Gasteiger partial charge on any atom is -0.550 e. The SMILES string of the molecule is CCCCCCC(=O)[O-].CC[N+](C)(CC)CCOC. The summed E-state index contributed by atoms with van der Waals surface area (Å²) in [6.45, 7) is 10.9. The molecule has 0 rings (SSSR count). The van der Waals surface area contributed by atoms with Gasteiger partial charge in [0, 0.05) is 13.1 Å². The summed E-state index contributed by atoms with van der Waals surface area (Å²) in [5, 5.41) is 9.85. The van der Waals surface area contributed by atoms with E-state index in [9.17, 15) is 9.90 Å². The standard InChI is InChI=1S/C8H20NO.C7H14O2/c1-5-9(3,6-2)7-8-10-4;1-2-3-4-5-6-7(8)9/h5-8H2,1-4H3;2-6H2,1H3,(H,8,9)/q+1;/p-1. The molecular weight excluding hydrogens is 242 g/mol. The number of rotatable bonds is 10. The van der Waals surface area contributed by atoms with Gasteiger partial charge in [-0.05, 0) is 26.7 Å². The van der Waals surface area contributed by atoms with E-state index < -0.39 is 5.97 Å². The van der Waals surface area contributed by atoms with Gasteiger partial charge < -0.3 is 19.1 Å². The number of likely N-dealkylation sites (N-methyl/N-ethyl adjacent to an activating group) is 1. The van der Waals surface area contributed by atoms with E-state index in [-0.39, 0.29) is 6.42 Å². The predicted molar refractivity (Wildman–Crippen MR) is 77.8 cm³/mol. The summed E-state index contributed by atoms with van der Waals surface area (Å²) in [7, 11) is 4.02. The number of hydrogen-bond donors (Lipinski definition) is 0. The number of aliphatic carboxylic acids is 1. The highest BCUT2D eigenvalue weighted by Gasteiger charge is 2.14. The van der Waals surface area contributed by atoms with E-state index in [0.717, 1.165) is 43.3 Å². The molecule has 0 amide bonds. The summed E-state index contributed by atoms with van der Waals surface area (Å²) in [6.07, 6.45) is 4.29. The molecule has 4 heteroatoms. The Hall–Kier alpha value is -0.610. The lowest BCUT2D eigenvalue weighted by Gasteiger charge is -2.31. The van der Waals surface area contributed by atoms with Gasteiger partial charge in [0.2, 0.25) is 0 Å². The van der Waals surface area contributed by atoms with E-state index in [0.29, 0.717) is 0 Å². The number of carbonyl (C=O) groups excluding carboxylic acids is 1. The van der Waals surface area contributed by atoms with Crippen LogP contribution in [0.2, 0.25) is 0 Å². The second kappa shape index (κ2) is 13.8. The van der Waals surface area contributed by atoms with Crippen LogP contribution in [0.4, 0.5) is 0 Å². The van der Waals surface area contributed by atoms with E-state index in [1.807, 2.05) is 0 Å². The zero-order valence-corrected chi connectivity index (χ0v) is 13.5. The molecular formula is C15H33NO3. The van der Waals surface area contributed by atoms with Gasteiger partial charge in [0.25, 0.3) is 0 Å². The van der Waals surface area contributed by atoms with Gasteiger partial charge in [-0.25, -0.2) is 0 Å². The first-order valence-corrected chi connectivity index (χ1v) is 7.48. The van der Waals surface area contributed by atoms with Crippen LogP contribution in [-0.2, 0) is 9.53 Å². The average molecular weight is 275 g/mol. The molecule has 0 heterocycles. The van der Waals surface area contributed by atoms with Crippen LogP contribution < -0.4 is 5.11 Å². The van der Waals surface area contributed by atoms with E-state index in [1.54, 1.807) is 7.11 Å². The number of quaternary nitrogens is 1. The summed E-state index contributed by atoms with van der Waals surface area (Å²) in [5.41, 5.74) is 0. The number of nitrogens with zero attached hydrogens (tertiary/aromatic N) is 1. The predicted octanol–water partition coefficient (Wildman–Crippen LogP) is 1.83. The number of methoxy groups -OCH3 is 1. The number of carboxylic acids is 1. The van der Waals surface area contributed by atoms with Gasteiger partial charge in [0.1, 0.15) is 6.54 Å². The van der Waals surface area contributed by atoms with Crippen LogP contribution in [-0.4, -0.2) is 50.9 Å². The molecule has 0 bridgehead atoms. The molecule has 0 aliphatic rings. The van der Waals surface area contributed by atoms with Crippen LogP contribution in [0, 0.1) is 0 Å². The average Bonchev–Trinajstić information content (AvgIpc) is 2.41. The zero-order chi connectivity index (χ0) is 15.1. The Labute approximate surface area is 119 Å². The van der Waals surface area contributed by atoms with E-state index in [2.05, 4.69) is 27.8 Å². The lowest BCUT2D eigenvalue weighted by Crippen LogP contribution is -2.45. The highest BCUT2D eigenvalue weighted by atomic mass is 16.5. The number of unbranched alkanes of at least 4 members (excludes halogenated alkanes) is 3. The van der Waals surface area contributed by atoms with Crippen molar-refractivity contribution in [3.8, 4) is 0 Å². The molecule has 0 aromatic heterocycles. The molecule has 0 radical (unpaired) electrons. The molecule has 0 unspecified atom stereocenters. The summed E-state index contributed by atoms with van der Waals surface area (Å²) in [5.74, 6) is -0.925. The second-order valence-corrected chi connectivity index (χ2v) is 5.15. The first-order chi connectivity index (χ1) is 8.95. The van der Waals surface area contributed by atoms with E-state index in [1.165, 1.54) is 13.1 Å². The fraction of sp³-hybridized carbons (Fsp3) is 0.933. The van der Waals surface area contributed by atoms with Gasteiger partial charge in [0.05, 0.1) is 26.7 Å². The van der Waals surface area contributed by atoms with Crippen LogP contribution in [0.15, 0.2) is 0 Å². The van der Waals surface area contributed by atoms with Crippen LogP contribution in [0.1, 0.15) is 52.9 Å². The number of carboxylic acid groups (broad SMARTS) is 1. The molecule has 0 saturated carbocycles. The minimum absolute atomic E-state index is 0.222. The number of ether oxygens (including phenoxy) is 1. The molecule has 0 fully saturated rings. The summed E-state index contributed by atoms with van der Waals surface area (Å²) < 4.78 is 6.14. The summed E-state index contributed by atoms with van der Waals surface area (Å²) in [4.78, 5) is 9.85. The van der Waals surface area contributed by atoms with Crippen molar-refractivity contribution in [1.29, 1.82) is 0 Å². The highest BCUT2D eigenvalue weighted by molar-refractivity contribution is 5.63. The van der Waals surface area contributed by atoms with Crippen molar-refractivity contribution in [1.82, 2.24) is 0 Å².